The van der Waals surface area contributed by atoms with Crippen molar-refractivity contribution in [1.82, 2.24) is 14.6 Å². The van der Waals surface area contributed by atoms with E-state index in [9.17, 15) is 0 Å². The van der Waals surface area contributed by atoms with E-state index in [-0.39, 0.29) is 0 Å². The third-order valence-electron chi connectivity index (χ3n) is 5.42. The third-order valence-corrected chi connectivity index (χ3v) is 5.42. The highest BCUT2D eigenvalue weighted by Crippen LogP contribution is 2.30. The van der Waals surface area contributed by atoms with E-state index in [1.807, 2.05) is 10.6 Å². The van der Waals surface area contributed by atoms with Gasteiger partial charge < -0.3 is 15.0 Å². The average Bonchev–Trinajstić information content (AvgIpc) is 3.05. The molecule has 1 aliphatic rings. The fourth-order valence-electron chi connectivity index (χ4n) is 3.78. The number of morpholine rings is 1. The van der Waals surface area contributed by atoms with E-state index in [1.54, 1.807) is 4.90 Å². The van der Waals surface area contributed by atoms with Gasteiger partial charge in [0.1, 0.15) is 18.9 Å². The van der Waals surface area contributed by atoms with Gasteiger partial charge in [-0.15, -0.1) is 0 Å². The van der Waals surface area contributed by atoms with Crippen LogP contribution >= 0.6 is 0 Å². The molecule has 6 nitrogen and oxygen atoms in total. The predicted molar refractivity (Wildman–Crippen MR) is 112 cm³/mol. The van der Waals surface area contributed by atoms with Crippen LogP contribution in [0.3, 0.4) is 0 Å². The van der Waals surface area contributed by atoms with E-state index >= 15 is 0 Å². The molecule has 2 aromatic heterocycles. The number of quaternary nitrogens is 1. The second-order valence-corrected chi connectivity index (χ2v) is 7.82. The van der Waals surface area contributed by atoms with Gasteiger partial charge in [-0.25, -0.2) is 4.98 Å². The molecule has 1 aromatic carbocycles. The number of fused-ring (bicyclic) bond motifs is 1. The molecule has 0 radical (unpaired) electrons. The van der Waals surface area contributed by atoms with Crippen LogP contribution in [0.2, 0.25) is 0 Å². The highest BCUT2D eigenvalue weighted by molar-refractivity contribution is 5.80. The zero-order valence-electron chi connectivity index (χ0n) is 17.0. The Hall–Kier alpha value is -2.44. The van der Waals surface area contributed by atoms with Crippen LogP contribution in [0.5, 0.6) is 0 Å². The summed E-state index contributed by atoms with van der Waals surface area (Å²) in [6.07, 6.45) is 0. The second-order valence-electron chi connectivity index (χ2n) is 7.82. The Morgan fingerprint density at radius 2 is 1.93 bits per heavy atom. The summed E-state index contributed by atoms with van der Waals surface area (Å²) in [5, 5.41) is 8.44. The molecule has 1 fully saturated rings. The lowest BCUT2D eigenvalue weighted by atomic mass is 10.1. The van der Waals surface area contributed by atoms with Gasteiger partial charge in [0.2, 0.25) is 0 Å². The number of aryl methyl sites for hydroxylation is 1. The van der Waals surface area contributed by atoms with Gasteiger partial charge in [-0.3, -0.25) is 0 Å². The summed E-state index contributed by atoms with van der Waals surface area (Å²) < 4.78 is 7.43. The summed E-state index contributed by atoms with van der Waals surface area (Å²) in [7, 11) is 0. The molecule has 28 heavy (non-hydrogen) atoms. The Bertz CT molecular complexity index is 929. The largest absolute Gasteiger partial charge is 0.370 e. The lowest BCUT2D eigenvalue weighted by Gasteiger charge is -2.24. The number of hydrogen-bond acceptors (Lipinski definition) is 4. The Morgan fingerprint density at radius 1 is 1.18 bits per heavy atom. The summed E-state index contributed by atoms with van der Waals surface area (Å²) in [4.78, 5) is 6.56. The molecule has 1 saturated heterocycles. The number of aromatic nitrogens is 3. The van der Waals surface area contributed by atoms with Crippen molar-refractivity contribution >= 4 is 11.5 Å². The van der Waals surface area contributed by atoms with Crippen LogP contribution in [0.15, 0.2) is 36.4 Å². The molecule has 0 unspecified atom stereocenters. The summed E-state index contributed by atoms with van der Waals surface area (Å²) >= 11 is 0. The third kappa shape index (κ3) is 3.88. The molecule has 2 N–H and O–H groups in total. The Morgan fingerprint density at radius 3 is 2.64 bits per heavy atom. The Balaban J connectivity index is 1.67. The van der Waals surface area contributed by atoms with Crippen molar-refractivity contribution < 1.29 is 9.64 Å². The van der Waals surface area contributed by atoms with E-state index in [0.29, 0.717) is 5.92 Å². The molecule has 148 valence electrons. The molecule has 3 aromatic rings. The minimum atomic E-state index is 0.356. The van der Waals surface area contributed by atoms with Crippen LogP contribution in [0, 0.1) is 6.92 Å². The molecule has 4 rings (SSSR count). The number of rotatable bonds is 6. The van der Waals surface area contributed by atoms with Crippen molar-refractivity contribution in [2.24, 2.45) is 0 Å². The van der Waals surface area contributed by atoms with Gasteiger partial charge in [0.15, 0.2) is 5.65 Å². The van der Waals surface area contributed by atoms with Gasteiger partial charge in [0.05, 0.1) is 32.0 Å². The number of ether oxygens (including phenoxy) is 1. The number of nitrogens with zero attached hydrogens (tertiary/aromatic N) is 3. The Labute approximate surface area is 166 Å². The molecule has 3 heterocycles. The van der Waals surface area contributed by atoms with Crippen molar-refractivity contribution in [3.63, 3.8) is 0 Å². The zero-order valence-corrected chi connectivity index (χ0v) is 17.0. The van der Waals surface area contributed by atoms with E-state index in [1.165, 1.54) is 0 Å². The van der Waals surface area contributed by atoms with Crippen molar-refractivity contribution in [2.75, 3.05) is 44.7 Å². The predicted octanol–water partition coefficient (Wildman–Crippen LogP) is 2.16. The maximum absolute atomic E-state index is 5.46. The molecule has 6 heteroatoms. The highest BCUT2D eigenvalue weighted by Gasteiger charge is 2.18. The smallest absolute Gasteiger partial charge is 0.165 e. The molecule has 0 bridgehead atoms. The number of hydrogen-bond donors (Lipinski definition) is 2. The van der Waals surface area contributed by atoms with Crippen molar-refractivity contribution in [2.45, 2.75) is 26.7 Å². The van der Waals surface area contributed by atoms with Gasteiger partial charge in [-0.2, -0.15) is 9.61 Å². The monoisotopic (exact) mass is 380 g/mol. The summed E-state index contributed by atoms with van der Waals surface area (Å²) in [6, 6.07) is 12.6. The van der Waals surface area contributed by atoms with Gasteiger partial charge in [0.25, 0.3) is 0 Å². The first-order valence-electron chi connectivity index (χ1n) is 10.2. The average molecular weight is 381 g/mol. The first-order valence-corrected chi connectivity index (χ1v) is 10.2. The zero-order chi connectivity index (χ0) is 19.5. The van der Waals surface area contributed by atoms with E-state index in [0.717, 1.165) is 73.4 Å². The topological polar surface area (TPSA) is 55.9 Å². The van der Waals surface area contributed by atoms with Gasteiger partial charge >= 0.3 is 0 Å². The van der Waals surface area contributed by atoms with Crippen LogP contribution in [0.25, 0.3) is 16.8 Å². The summed E-state index contributed by atoms with van der Waals surface area (Å²) in [5.74, 6) is 1.38. The van der Waals surface area contributed by atoms with Crippen molar-refractivity contribution in [3.05, 3.63) is 47.8 Å². The standard InChI is InChI=1S/C22H29N5O/c1-16(2)19-15-20(23-9-10-26-11-13-28-14-12-26)27-22(24-19)21(17(3)25-27)18-7-5-4-6-8-18/h4-8,15-16,23H,9-14H2,1-3H3/p+1. The van der Waals surface area contributed by atoms with Gasteiger partial charge in [0, 0.05) is 17.3 Å². The second kappa shape index (κ2) is 8.29. The lowest BCUT2D eigenvalue weighted by molar-refractivity contribution is -0.906. The first-order chi connectivity index (χ1) is 13.6. The molecule has 0 spiro atoms. The molecule has 0 atom stereocenters. The molecule has 0 aliphatic carbocycles. The van der Waals surface area contributed by atoms with Gasteiger partial charge in [-0.1, -0.05) is 44.2 Å². The number of benzene rings is 1. The van der Waals surface area contributed by atoms with Crippen LogP contribution < -0.4 is 10.2 Å². The van der Waals surface area contributed by atoms with E-state index in [2.05, 4.69) is 56.4 Å². The molecular weight excluding hydrogens is 350 g/mol. The maximum Gasteiger partial charge on any atom is 0.165 e. The minimum absolute atomic E-state index is 0.356. The number of nitrogens with one attached hydrogen (secondary N) is 2. The lowest BCUT2D eigenvalue weighted by Crippen LogP contribution is -3.14. The van der Waals surface area contributed by atoms with E-state index in [4.69, 9.17) is 14.8 Å². The quantitative estimate of drug-likeness (QED) is 0.688. The maximum atomic E-state index is 5.46. The normalized spacial score (nSPS) is 15.4. The fraction of sp³-hybridized carbons (Fsp3) is 0.455. The van der Waals surface area contributed by atoms with Crippen LogP contribution in [0.4, 0.5) is 5.82 Å². The van der Waals surface area contributed by atoms with Crippen LogP contribution in [-0.4, -0.2) is 54.0 Å². The molecular formula is C22H30N5O+. The van der Waals surface area contributed by atoms with E-state index < -0.39 is 0 Å². The minimum Gasteiger partial charge on any atom is -0.370 e. The van der Waals surface area contributed by atoms with Crippen molar-refractivity contribution in [1.29, 1.82) is 0 Å². The summed E-state index contributed by atoms with van der Waals surface area (Å²) in [5.41, 5.74) is 5.29. The van der Waals surface area contributed by atoms with Crippen LogP contribution in [-0.2, 0) is 4.74 Å². The Kier molecular flexibility index (Phi) is 5.59. The fourth-order valence-corrected chi connectivity index (χ4v) is 3.78. The molecule has 0 saturated carbocycles. The molecule has 1 aliphatic heterocycles. The van der Waals surface area contributed by atoms with Crippen molar-refractivity contribution in [3.8, 4) is 11.1 Å². The SMILES string of the molecule is Cc1nn2c(NCC[NH+]3CCOCC3)cc(C(C)C)nc2c1-c1ccccc1. The van der Waals surface area contributed by atoms with Gasteiger partial charge in [-0.05, 0) is 18.4 Å². The first kappa shape index (κ1) is 18.9. The van der Waals surface area contributed by atoms with Crippen LogP contribution in [0.1, 0.15) is 31.2 Å². The summed E-state index contributed by atoms with van der Waals surface area (Å²) in [6.45, 7) is 12.3. The number of anilines is 1. The highest BCUT2D eigenvalue weighted by atomic mass is 16.5. The molecule has 0 amide bonds.